The van der Waals surface area contributed by atoms with E-state index in [0.29, 0.717) is 5.56 Å². The van der Waals surface area contributed by atoms with Crippen molar-refractivity contribution in [3.63, 3.8) is 0 Å². The number of alkyl halides is 1. The quantitative estimate of drug-likeness (QED) is 0.737. The number of amides is 1. The molecule has 0 aromatic heterocycles. The molecule has 0 saturated heterocycles. The lowest BCUT2D eigenvalue weighted by Gasteiger charge is -2.19. The summed E-state index contributed by atoms with van der Waals surface area (Å²) >= 11 is 3.34. The fourth-order valence-corrected chi connectivity index (χ4v) is 3.74. The molecule has 0 unspecified atom stereocenters. The molecule has 0 saturated carbocycles. The first-order valence-electron chi connectivity index (χ1n) is 7.96. The largest absolute Gasteiger partial charge is 0.268 e. The molecule has 1 N–H and O–H groups in total. The molecule has 0 aliphatic carbocycles. The van der Waals surface area contributed by atoms with E-state index < -0.39 is 15.9 Å². The van der Waals surface area contributed by atoms with Crippen LogP contribution < -0.4 is 4.72 Å². The van der Waals surface area contributed by atoms with Crippen LogP contribution in [0.15, 0.2) is 53.4 Å². The molecule has 4 nitrogen and oxygen atoms in total. The number of carbonyl (C=O) groups excluding carboxylic acids is 1. The van der Waals surface area contributed by atoms with Crippen LogP contribution in [0.25, 0.3) is 0 Å². The highest BCUT2D eigenvalue weighted by atomic mass is 79.9. The average Bonchev–Trinajstić information content (AvgIpc) is 2.54. The Labute approximate surface area is 157 Å². The van der Waals surface area contributed by atoms with E-state index in [0.717, 1.165) is 22.9 Å². The van der Waals surface area contributed by atoms with E-state index >= 15 is 0 Å². The lowest BCUT2D eigenvalue weighted by atomic mass is 9.87. The van der Waals surface area contributed by atoms with Gasteiger partial charge in [-0.2, -0.15) is 0 Å². The van der Waals surface area contributed by atoms with Crippen LogP contribution in [0.3, 0.4) is 0 Å². The van der Waals surface area contributed by atoms with Gasteiger partial charge in [-0.05, 0) is 47.2 Å². The lowest BCUT2D eigenvalue weighted by Crippen LogP contribution is -2.30. The summed E-state index contributed by atoms with van der Waals surface area (Å²) < 4.78 is 26.9. The minimum Gasteiger partial charge on any atom is -0.268 e. The minimum atomic E-state index is -3.89. The Morgan fingerprint density at radius 3 is 2.04 bits per heavy atom. The fourth-order valence-electron chi connectivity index (χ4n) is 2.31. The van der Waals surface area contributed by atoms with Gasteiger partial charge < -0.3 is 0 Å². The summed E-state index contributed by atoms with van der Waals surface area (Å²) in [6, 6.07) is 13.5. The van der Waals surface area contributed by atoms with Crippen molar-refractivity contribution in [2.45, 2.75) is 37.5 Å². The van der Waals surface area contributed by atoms with E-state index in [4.69, 9.17) is 0 Å². The zero-order valence-corrected chi connectivity index (χ0v) is 16.9. The van der Waals surface area contributed by atoms with Crippen LogP contribution in [-0.2, 0) is 21.9 Å². The van der Waals surface area contributed by atoms with E-state index in [9.17, 15) is 13.2 Å². The molecular formula is C19H22BrNO3S. The Bertz CT molecular complexity index is 836. The van der Waals surface area contributed by atoms with Gasteiger partial charge in [0.15, 0.2) is 0 Å². The van der Waals surface area contributed by atoms with Crippen molar-refractivity contribution in [1.82, 2.24) is 4.72 Å². The maximum atomic E-state index is 12.4. The van der Waals surface area contributed by atoms with Crippen molar-refractivity contribution in [3.05, 3.63) is 65.2 Å². The Balaban J connectivity index is 2.15. The summed E-state index contributed by atoms with van der Waals surface area (Å²) in [6.07, 6.45) is 0.812. The third-order valence-corrected chi connectivity index (χ3v) is 5.60. The molecule has 0 radical (unpaired) electrons. The Hall–Kier alpha value is -1.66. The highest BCUT2D eigenvalue weighted by Gasteiger charge is 2.19. The molecule has 1 amide bonds. The maximum Gasteiger partial charge on any atom is 0.264 e. The van der Waals surface area contributed by atoms with Gasteiger partial charge in [-0.1, -0.05) is 61.0 Å². The number of rotatable bonds is 5. The van der Waals surface area contributed by atoms with Crippen molar-refractivity contribution in [1.29, 1.82) is 0 Å². The molecule has 0 aliphatic rings. The van der Waals surface area contributed by atoms with E-state index in [2.05, 4.69) is 41.4 Å². The molecule has 2 aromatic carbocycles. The second-order valence-electron chi connectivity index (χ2n) is 6.84. The van der Waals surface area contributed by atoms with Crippen LogP contribution in [0, 0.1) is 0 Å². The summed E-state index contributed by atoms with van der Waals surface area (Å²) in [7, 11) is -3.89. The topological polar surface area (TPSA) is 63.2 Å². The van der Waals surface area contributed by atoms with Crippen molar-refractivity contribution >= 4 is 31.9 Å². The Morgan fingerprint density at radius 2 is 1.56 bits per heavy atom. The number of halogens is 1. The zero-order valence-electron chi connectivity index (χ0n) is 14.5. The first-order valence-corrected chi connectivity index (χ1v) is 10.6. The zero-order chi connectivity index (χ0) is 18.7. The normalized spacial score (nSPS) is 12.0. The van der Waals surface area contributed by atoms with Crippen molar-refractivity contribution in [3.8, 4) is 0 Å². The molecular weight excluding hydrogens is 402 g/mol. The van der Waals surface area contributed by atoms with Crippen LogP contribution in [0.2, 0.25) is 0 Å². The third-order valence-electron chi connectivity index (χ3n) is 3.86. The molecule has 0 spiro atoms. The number of sulfonamides is 1. The maximum absolute atomic E-state index is 12.4. The highest BCUT2D eigenvalue weighted by Crippen LogP contribution is 2.22. The molecule has 134 valence electrons. The van der Waals surface area contributed by atoms with Crippen LogP contribution in [-0.4, -0.2) is 19.7 Å². The number of carbonyl (C=O) groups is 1. The van der Waals surface area contributed by atoms with Gasteiger partial charge in [0.05, 0.1) is 4.90 Å². The van der Waals surface area contributed by atoms with Gasteiger partial charge in [-0.3, -0.25) is 4.79 Å². The van der Waals surface area contributed by atoms with Crippen LogP contribution in [0.4, 0.5) is 0 Å². The lowest BCUT2D eigenvalue weighted by molar-refractivity contribution is 0.0981. The number of hydrogen-bond donors (Lipinski definition) is 1. The smallest absolute Gasteiger partial charge is 0.264 e. The summed E-state index contributed by atoms with van der Waals surface area (Å²) in [4.78, 5) is 12.3. The van der Waals surface area contributed by atoms with Crippen molar-refractivity contribution in [2.75, 3.05) is 5.33 Å². The predicted octanol–water partition coefficient (Wildman–Crippen LogP) is 4.04. The third kappa shape index (κ3) is 5.16. The molecule has 0 fully saturated rings. The van der Waals surface area contributed by atoms with Gasteiger partial charge in [0.25, 0.3) is 15.9 Å². The van der Waals surface area contributed by atoms with Gasteiger partial charge in [0, 0.05) is 10.9 Å². The summed E-state index contributed by atoms with van der Waals surface area (Å²) in [5.74, 6) is -0.634. The van der Waals surface area contributed by atoms with E-state index in [1.165, 1.54) is 12.1 Å². The van der Waals surface area contributed by atoms with Gasteiger partial charge in [-0.15, -0.1) is 0 Å². The van der Waals surface area contributed by atoms with Crippen LogP contribution in [0.1, 0.15) is 42.3 Å². The fraction of sp³-hybridized carbons (Fsp3) is 0.316. The number of nitrogens with one attached hydrogen (secondary N) is 1. The Kier molecular flexibility index (Phi) is 6.06. The van der Waals surface area contributed by atoms with Gasteiger partial charge in [0.2, 0.25) is 0 Å². The van der Waals surface area contributed by atoms with Crippen molar-refractivity contribution in [2.24, 2.45) is 0 Å². The SMILES string of the molecule is CC(C)(C)c1ccc(C(=O)NS(=O)(=O)c2ccc(CCBr)cc2)cc1. The van der Waals surface area contributed by atoms with E-state index in [1.807, 2.05) is 12.1 Å². The standard InChI is InChI=1S/C19H22BrNO3S/c1-19(2,3)16-8-6-15(7-9-16)18(22)21-25(23,24)17-10-4-14(5-11-17)12-13-20/h4-11H,12-13H2,1-3H3,(H,21,22). The highest BCUT2D eigenvalue weighted by molar-refractivity contribution is 9.09. The van der Waals surface area contributed by atoms with Gasteiger partial charge in [-0.25, -0.2) is 13.1 Å². The summed E-state index contributed by atoms with van der Waals surface area (Å²) in [5, 5.41) is 0.806. The molecule has 2 aromatic rings. The first kappa shape index (κ1) is 19.7. The minimum absolute atomic E-state index is 0.0298. The molecule has 2 rings (SSSR count). The van der Waals surface area contributed by atoms with E-state index in [1.54, 1.807) is 24.3 Å². The molecule has 25 heavy (non-hydrogen) atoms. The number of aryl methyl sites for hydroxylation is 1. The molecule has 0 aliphatic heterocycles. The second-order valence-corrected chi connectivity index (χ2v) is 9.32. The van der Waals surface area contributed by atoms with E-state index in [-0.39, 0.29) is 10.3 Å². The second kappa shape index (κ2) is 7.70. The molecule has 6 heteroatoms. The average molecular weight is 424 g/mol. The Morgan fingerprint density at radius 1 is 1.00 bits per heavy atom. The monoisotopic (exact) mass is 423 g/mol. The molecule has 0 bridgehead atoms. The number of benzene rings is 2. The van der Waals surface area contributed by atoms with Crippen LogP contribution in [0.5, 0.6) is 0 Å². The first-order chi connectivity index (χ1) is 11.6. The van der Waals surface area contributed by atoms with Gasteiger partial charge >= 0.3 is 0 Å². The molecule has 0 atom stereocenters. The number of hydrogen-bond acceptors (Lipinski definition) is 3. The van der Waals surface area contributed by atoms with Crippen molar-refractivity contribution < 1.29 is 13.2 Å². The summed E-state index contributed by atoms with van der Waals surface area (Å²) in [6.45, 7) is 6.23. The summed E-state index contributed by atoms with van der Waals surface area (Å²) in [5.41, 5.74) is 2.39. The predicted molar refractivity (Wildman–Crippen MR) is 104 cm³/mol. The van der Waals surface area contributed by atoms with Gasteiger partial charge in [0.1, 0.15) is 0 Å². The molecule has 0 heterocycles. The van der Waals surface area contributed by atoms with Crippen LogP contribution >= 0.6 is 15.9 Å².